The Bertz CT molecular complexity index is 1260. The van der Waals surface area contributed by atoms with Crippen LogP contribution in [-0.4, -0.2) is 24.0 Å². The molecule has 0 fully saturated rings. The second-order valence-corrected chi connectivity index (χ2v) is 10.1. The lowest BCUT2D eigenvalue weighted by atomic mass is 9.81. The number of nitrogens with two attached hydrogens (primary N) is 1. The number of allylic oxidation sites excluding steroid dienone is 8. The van der Waals surface area contributed by atoms with Crippen molar-refractivity contribution in [2.75, 3.05) is 7.11 Å². The van der Waals surface area contributed by atoms with Gasteiger partial charge in [-0.3, -0.25) is 9.59 Å². The Morgan fingerprint density at radius 3 is 2.59 bits per heavy atom. The van der Waals surface area contributed by atoms with Gasteiger partial charge in [0.2, 0.25) is 5.91 Å². The van der Waals surface area contributed by atoms with Crippen molar-refractivity contribution < 1.29 is 14.3 Å². The second kappa shape index (κ2) is 9.77. The predicted molar refractivity (Wildman–Crippen MR) is 137 cm³/mol. The average molecular weight is 473 g/mol. The zero-order valence-electron chi connectivity index (χ0n) is 19.6. The molecule has 6 heteroatoms. The van der Waals surface area contributed by atoms with Crippen LogP contribution in [-0.2, 0) is 20.7 Å². The summed E-state index contributed by atoms with van der Waals surface area (Å²) < 4.78 is 4.91. The topological polar surface area (TPSA) is 82.3 Å². The number of primary amides is 1. The molecule has 1 heterocycles. The molecule has 174 valence electrons. The van der Waals surface area contributed by atoms with E-state index in [2.05, 4.69) is 35.3 Å². The molecule has 1 unspecified atom stereocenters. The van der Waals surface area contributed by atoms with Gasteiger partial charge in [-0.25, -0.2) is 4.98 Å². The molecule has 1 atom stereocenters. The van der Waals surface area contributed by atoms with Gasteiger partial charge in [0, 0.05) is 12.6 Å². The van der Waals surface area contributed by atoms with E-state index >= 15 is 0 Å². The normalized spacial score (nSPS) is 20.0. The summed E-state index contributed by atoms with van der Waals surface area (Å²) in [5.74, 6) is -1.23. The summed E-state index contributed by atoms with van der Waals surface area (Å²) in [6.45, 7) is 3.67. The van der Waals surface area contributed by atoms with Crippen LogP contribution in [0.4, 0.5) is 0 Å². The van der Waals surface area contributed by atoms with Gasteiger partial charge in [-0.15, -0.1) is 11.3 Å². The summed E-state index contributed by atoms with van der Waals surface area (Å²) in [4.78, 5) is 30.1. The number of amides is 1. The molecule has 0 saturated heterocycles. The lowest BCUT2D eigenvalue weighted by Crippen LogP contribution is -2.28. The van der Waals surface area contributed by atoms with Crippen molar-refractivity contribution >= 4 is 34.4 Å². The highest BCUT2D eigenvalue weighted by Crippen LogP contribution is 2.40. The Labute approximate surface area is 204 Å². The van der Waals surface area contributed by atoms with E-state index in [1.165, 1.54) is 24.0 Å². The molecule has 5 nitrogen and oxygen atoms in total. The van der Waals surface area contributed by atoms with Crippen molar-refractivity contribution in [2.24, 2.45) is 17.1 Å². The summed E-state index contributed by atoms with van der Waals surface area (Å²) in [7, 11) is 1.39. The van der Waals surface area contributed by atoms with Gasteiger partial charge in [-0.1, -0.05) is 66.8 Å². The molecule has 0 saturated carbocycles. The van der Waals surface area contributed by atoms with Crippen molar-refractivity contribution in [3.8, 4) is 0 Å². The van der Waals surface area contributed by atoms with Gasteiger partial charge in [-0.2, -0.15) is 0 Å². The lowest BCUT2D eigenvalue weighted by Gasteiger charge is -2.24. The summed E-state index contributed by atoms with van der Waals surface area (Å²) >= 11 is 1.48. The minimum absolute atomic E-state index is 0.280. The van der Waals surface area contributed by atoms with Crippen LogP contribution in [0.25, 0.3) is 11.1 Å². The van der Waals surface area contributed by atoms with Crippen molar-refractivity contribution in [3.63, 3.8) is 0 Å². The van der Waals surface area contributed by atoms with Crippen LogP contribution < -0.4 is 5.73 Å². The van der Waals surface area contributed by atoms with Crippen LogP contribution in [0.15, 0.2) is 84.1 Å². The second-order valence-electron chi connectivity index (χ2n) is 9.03. The SMILES string of the molecule is COC(=O)C(C)(C)Cc1ncc(C2=CC=CC(=C3C=CC(c4ccccc4)=CC3)C2C(N)=O)s1. The number of methoxy groups -OCH3 is 1. The number of benzene rings is 1. The van der Waals surface area contributed by atoms with Gasteiger partial charge >= 0.3 is 5.97 Å². The molecule has 34 heavy (non-hydrogen) atoms. The van der Waals surface area contributed by atoms with Gasteiger partial charge < -0.3 is 10.5 Å². The number of ether oxygens (including phenoxy) is 1. The third-order valence-electron chi connectivity index (χ3n) is 6.11. The van der Waals surface area contributed by atoms with Crippen molar-refractivity contribution in [1.29, 1.82) is 0 Å². The number of esters is 1. The van der Waals surface area contributed by atoms with Gasteiger partial charge in [0.25, 0.3) is 0 Å². The first-order chi connectivity index (χ1) is 16.3. The Hall–Kier alpha value is -3.51. The molecular formula is C28H28N2O3S. The maximum absolute atomic E-state index is 12.6. The maximum Gasteiger partial charge on any atom is 0.311 e. The fourth-order valence-electron chi connectivity index (χ4n) is 4.30. The first kappa shape index (κ1) is 23.6. The number of hydrogen-bond acceptors (Lipinski definition) is 5. The monoisotopic (exact) mass is 472 g/mol. The fraction of sp³-hybridized carbons (Fsp3) is 0.250. The van der Waals surface area contributed by atoms with Crippen LogP contribution in [0.1, 0.15) is 35.7 Å². The third kappa shape index (κ3) is 4.87. The van der Waals surface area contributed by atoms with Crippen LogP contribution in [0.2, 0.25) is 0 Å². The summed E-state index contributed by atoms with van der Waals surface area (Å²) in [5, 5.41) is 0.811. The van der Waals surface area contributed by atoms with Gasteiger partial charge in [-0.05, 0) is 48.1 Å². The highest BCUT2D eigenvalue weighted by atomic mass is 32.1. The molecule has 1 aromatic heterocycles. The molecule has 0 aliphatic heterocycles. The predicted octanol–water partition coefficient (Wildman–Crippen LogP) is 5.28. The fourth-order valence-corrected chi connectivity index (χ4v) is 5.50. The van der Waals surface area contributed by atoms with Crippen LogP contribution in [0.3, 0.4) is 0 Å². The number of aromatic nitrogens is 1. The molecule has 2 aliphatic rings. The number of carbonyl (C=O) groups excluding carboxylic acids is 2. The van der Waals surface area contributed by atoms with Gasteiger partial charge in [0.05, 0.1) is 28.3 Å². The zero-order chi connectivity index (χ0) is 24.3. The number of hydrogen-bond donors (Lipinski definition) is 1. The first-order valence-electron chi connectivity index (χ1n) is 11.2. The van der Waals surface area contributed by atoms with Crippen molar-refractivity contribution in [1.82, 2.24) is 4.98 Å². The van der Waals surface area contributed by atoms with Gasteiger partial charge in [0.1, 0.15) is 0 Å². The summed E-state index contributed by atoms with van der Waals surface area (Å²) in [5.41, 5.74) is 10.4. The molecule has 2 aliphatic carbocycles. The van der Waals surface area contributed by atoms with E-state index in [1.807, 2.05) is 50.3 Å². The molecule has 0 bridgehead atoms. The minimum atomic E-state index is -0.684. The smallest absolute Gasteiger partial charge is 0.311 e. The largest absolute Gasteiger partial charge is 0.469 e. The van der Waals surface area contributed by atoms with Crippen LogP contribution in [0.5, 0.6) is 0 Å². The van der Waals surface area contributed by atoms with E-state index in [0.29, 0.717) is 6.42 Å². The summed E-state index contributed by atoms with van der Waals surface area (Å²) in [6, 6.07) is 10.2. The van der Waals surface area contributed by atoms with E-state index in [4.69, 9.17) is 10.5 Å². The Morgan fingerprint density at radius 1 is 1.18 bits per heavy atom. The average Bonchev–Trinajstić information content (AvgIpc) is 3.31. The number of nitrogens with zero attached hydrogens (tertiary/aromatic N) is 1. The van der Waals surface area contributed by atoms with Crippen LogP contribution >= 0.6 is 11.3 Å². The van der Waals surface area contributed by atoms with Crippen molar-refractivity contribution in [3.05, 3.63) is 99.6 Å². The number of carbonyl (C=O) groups is 2. The van der Waals surface area contributed by atoms with Gasteiger partial charge in [0.15, 0.2) is 0 Å². The standard InChI is InChI=1S/C28H28N2O3S/c1-28(2,27(32)33-3)16-24-30-17-23(34-24)22-11-7-10-21(25(22)26(29)31)20-14-12-19(13-15-20)18-8-5-4-6-9-18/h4-14,17,25H,15-16H2,1-3H3,(H2,29,31). The summed E-state index contributed by atoms with van der Waals surface area (Å²) in [6.07, 6.45) is 15.2. The third-order valence-corrected chi connectivity index (χ3v) is 7.16. The molecule has 1 aromatic carbocycles. The molecule has 2 N–H and O–H groups in total. The molecule has 4 rings (SSSR count). The Kier molecular flexibility index (Phi) is 6.80. The maximum atomic E-state index is 12.6. The van der Waals surface area contributed by atoms with Crippen molar-refractivity contribution in [2.45, 2.75) is 26.7 Å². The molecule has 2 aromatic rings. The zero-order valence-corrected chi connectivity index (χ0v) is 20.4. The highest BCUT2D eigenvalue weighted by molar-refractivity contribution is 7.12. The van der Waals surface area contributed by atoms with E-state index in [-0.39, 0.29) is 5.97 Å². The van der Waals surface area contributed by atoms with E-state index in [0.717, 1.165) is 38.6 Å². The molecule has 0 radical (unpaired) electrons. The molecule has 0 spiro atoms. The first-order valence-corrected chi connectivity index (χ1v) is 12.0. The quantitative estimate of drug-likeness (QED) is 0.580. The molecule has 1 amide bonds. The highest BCUT2D eigenvalue weighted by Gasteiger charge is 2.32. The van der Waals surface area contributed by atoms with E-state index in [1.54, 1.807) is 6.20 Å². The van der Waals surface area contributed by atoms with E-state index in [9.17, 15) is 9.59 Å². The lowest BCUT2D eigenvalue weighted by molar-refractivity contribution is -0.150. The Balaban J connectivity index is 1.60. The number of rotatable bonds is 6. The van der Waals surface area contributed by atoms with Crippen LogP contribution in [0, 0.1) is 11.3 Å². The number of thiazole rings is 1. The molecular weight excluding hydrogens is 444 g/mol. The minimum Gasteiger partial charge on any atom is -0.469 e. The van der Waals surface area contributed by atoms with E-state index < -0.39 is 17.2 Å². The Morgan fingerprint density at radius 2 is 1.94 bits per heavy atom.